The van der Waals surface area contributed by atoms with E-state index in [1.165, 1.54) is 12.1 Å². The third kappa shape index (κ3) is 4.60. The lowest BCUT2D eigenvalue weighted by atomic mass is 10.1. The lowest BCUT2D eigenvalue weighted by molar-refractivity contribution is -0.125. The summed E-state index contributed by atoms with van der Waals surface area (Å²) in [6.07, 6.45) is 0. The maximum absolute atomic E-state index is 13.3. The molecule has 0 unspecified atom stereocenters. The molecule has 1 rings (SSSR count). The van der Waals surface area contributed by atoms with Crippen molar-refractivity contribution < 1.29 is 14.3 Å². The molecule has 0 saturated carbocycles. The summed E-state index contributed by atoms with van der Waals surface area (Å²) in [5, 5.41) is 11.4. The molecule has 0 fully saturated rings. The summed E-state index contributed by atoms with van der Waals surface area (Å²) in [5.74, 6) is -0.782. The van der Waals surface area contributed by atoms with Crippen molar-refractivity contribution in [3.8, 4) is 0 Å². The Morgan fingerprint density at radius 3 is 2.56 bits per heavy atom. The van der Waals surface area contributed by atoms with Crippen LogP contribution in [0.15, 0.2) is 18.2 Å². The zero-order valence-corrected chi connectivity index (χ0v) is 11.2. The highest BCUT2D eigenvalue weighted by molar-refractivity contribution is 5.85. The summed E-state index contributed by atoms with van der Waals surface area (Å²) in [7, 11) is 0. The first kappa shape index (κ1) is 16.8. The summed E-state index contributed by atoms with van der Waals surface area (Å²) in [6.45, 7) is 3.06. The molecular formula is C12H18ClFN2O2. The van der Waals surface area contributed by atoms with Crippen molar-refractivity contribution in [3.63, 3.8) is 0 Å². The Balaban J connectivity index is 0.00000289. The number of amides is 1. The van der Waals surface area contributed by atoms with Crippen molar-refractivity contribution >= 4 is 18.3 Å². The maximum Gasteiger partial charge on any atom is 0.239 e. The number of nitrogens with two attached hydrogens (primary N) is 1. The van der Waals surface area contributed by atoms with E-state index in [-0.39, 0.29) is 37.0 Å². The van der Waals surface area contributed by atoms with Gasteiger partial charge in [0.15, 0.2) is 0 Å². The number of aliphatic hydroxyl groups is 1. The van der Waals surface area contributed by atoms with Crippen LogP contribution in [0.2, 0.25) is 0 Å². The molecule has 4 nitrogen and oxygen atoms in total. The fraction of sp³-hybridized carbons (Fsp3) is 0.417. The molecule has 0 aliphatic carbocycles. The van der Waals surface area contributed by atoms with Crippen LogP contribution in [0.25, 0.3) is 0 Å². The average molecular weight is 277 g/mol. The zero-order chi connectivity index (χ0) is 13.1. The Labute approximate surface area is 112 Å². The Hall–Kier alpha value is -1.17. The van der Waals surface area contributed by atoms with E-state index in [1.54, 1.807) is 19.9 Å². The Morgan fingerprint density at radius 1 is 1.50 bits per heavy atom. The number of hydrogen-bond donors (Lipinski definition) is 3. The maximum atomic E-state index is 13.3. The van der Waals surface area contributed by atoms with Crippen LogP contribution in [-0.4, -0.2) is 16.6 Å². The molecular weight excluding hydrogens is 259 g/mol. The van der Waals surface area contributed by atoms with Gasteiger partial charge < -0.3 is 16.2 Å². The van der Waals surface area contributed by atoms with Gasteiger partial charge in [-0.05, 0) is 25.5 Å². The monoisotopic (exact) mass is 276 g/mol. The van der Waals surface area contributed by atoms with Gasteiger partial charge in [0.05, 0.1) is 12.1 Å². The highest BCUT2D eigenvalue weighted by atomic mass is 35.5. The van der Waals surface area contributed by atoms with Crippen molar-refractivity contribution in [2.24, 2.45) is 5.73 Å². The molecule has 18 heavy (non-hydrogen) atoms. The predicted octanol–water partition coefficient (Wildman–Crippen LogP) is 1.09. The number of carbonyl (C=O) groups is 1. The molecule has 0 saturated heterocycles. The smallest absolute Gasteiger partial charge is 0.239 e. The summed E-state index contributed by atoms with van der Waals surface area (Å²) in [4.78, 5) is 11.5. The molecule has 4 N–H and O–H groups in total. The second-order valence-electron chi connectivity index (χ2n) is 4.49. The highest BCUT2D eigenvalue weighted by Crippen LogP contribution is 2.10. The van der Waals surface area contributed by atoms with Gasteiger partial charge in [-0.15, -0.1) is 12.4 Å². The summed E-state index contributed by atoms with van der Waals surface area (Å²) >= 11 is 0. The van der Waals surface area contributed by atoms with E-state index in [9.17, 15) is 9.18 Å². The van der Waals surface area contributed by atoms with Gasteiger partial charge in [-0.1, -0.05) is 12.1 Å². The van der Waals surface area contributed by atoms with E-state index in [0.29, 0.717) is 5.56 Å². The minimum absolute atomic E-state index is 0. The first-order valence-corrected chi connectivity index (χ1v) is 5.30. The Bertz CT molecular complexity index is 419. The minimum Gasteiger partial charge on any atom is -0.392 e. The quantitative estimate of drug-likeness (QED) is 0.771. The molecule has 1 aromatic carbocycles. The molecule has 6 heteroatoms. The second kappa shape index (κ2) is 6.68. The van der Waals surface area contributed by atoms with Crippen molar-refractivity contribution in [1.82, 2.24) is 5.32 Å². The number of nitrogens with one attached hydrogen (secondary N) is 1. The third-order valence-corrected chi connectivity index (χ3v) is 2.33. The lowest BCUT2D eigenvalue weighted by Gasteiger charge is -2.17. The first-order valence-electron chi connectivity index (χ1n) is 5.30. The van der Waals surface area contributed by atoms with Crippen LogP contribution in [0.1, 0.15) is 25.0 Å². The number of aliphatic hydroxyl groups excluding tert-OH is 1. The average Bonchev–Trinajstić information content (AvgIpc) is 2.24. The van der Waals surface area contributed by atoms with Crippen molar-refractivity contribution in [2.75, 3.05) is 0 Å². The molecule has 0 bridgehead atoms. The summed E-state index contributed by atoms with van der Waals surface area (Å²) < 4.78 is 13.3. The molecule has 0 aliphatic rings. The fourth-order valence-electron chi connectivity index (χ4n) is 1.24. The van der Waals surface area contributed by atoms with E-state index in [0.717, 1.165) is 0 Å². The van der Waals surface area contributed by atoms with Crippen LogP contribution in [0.5, 0.6) is 0 Å². The SMILES string of the molecule is CC(C)(N)C(=O)NCc1ccc(CO)c(F)c1.Cl. The van der Waals surface area contributed by atoms with Crippen LogP contribution < -0.4 is 11.1 Å². The minimum atomic E-state index is -0.955. The molecule has 0 radical (unpaired) electrons. The number of rotatable bonds is 4. The predicted molar refractivity (Wildman–Crippen MR) is 69.7 cm³/mol. The fourth-order valence-corrected chi connectivity index (χ4v) is 1.24. The third-order valence-electron chi connectivity index (χ3n) is 2.33. The molecule has 0 spiro atoms. The number of halogens is 2. The van der Waals surface area contributed by atoms with E-state index < -0.39 is 11.4 Å². The molecule has 0 aliphatic heterocycles. The van der Waals surface area contributed by atoms with Gasteiger partial charge in [-0.3, -0.25) is 4.79 Å². The molecule has 1 amide bonds. The Morgan fingerprint density at radius 2 is 2.11 bits per heavy atom. The van der Waals surface area contributed by atoms with Crippen molar-refractivity contribution in [3.05, 3.63) is 35.1 Å². The molecule has 1 aromatic rings. The molecule has 0 aromatic heterocycles. The normalized spacial score (nSPS) is 10.7. The zero-order valence-electron chi connectivity index (χ0n) is 10.4. The van der Waals surface area contributed by atoms with Gasteiger partial charge in [0, 0.05) is 12.1 Å². The van der Waals surface area contributed by atoms with Gasteiger partial charge in [0.2, 0.25) is 5.91 Å². The standard InChI is InChI=1S/C12H17FN2O2.ClH/c1-12(2,14)11(17)15-6-8-3-4-9(7-16)10(13)5-8;/h3-5,16H,6-7,14H2,1-2H3,(H,15,17);1H. The van der Waals surface area contributed by atoms with Crippen LogP contribution in [0, 0.1) is 5.82 Å². The van der Waals surface area contributed by atoms with Gasteiger partial charge in [-0.2, -0.15) is 0 Å². The van der Waals surface area contributed by atoms with Gasteiger partial charge in [-0.25, -0.2) is 4.39 Å². The summed E-state index contributed by atoms with van der Waals surface area (Å²) in [6, 6.07) is 4.43. The van der Waals surface area contributed by atoms with E-state index in [4.69, 9.17) is 10.8 Å². The van der Waals surface area contributed by atoms with Gasteiger partial charge >= 0.3 is 0 Å². The molecule has 0 atom stereocenters. The van der Waals surface area contributed by atoms with Crippen LogP contribution in [0.4, 0.5) is 4.39 Å². The van der Waals surface area contributed by atoms with E-state index in [2.05, 4.69) is 5.32 Å². The first-order chi connectivity index (χ1) is 7.84. The molecule has 0 heterocycles. The van der Waals surface area contributed by atoms with E-state index >= 15 is 0 Å². The molecule has 102 valence electrons. The van der Waals surface area contributed by atoms with Gasteiger partial charge in [0.1, 0.15) is 5.82 Å². The van der Waals surface area contributed by atoms with Crippen LogP contribution >= 0.6 is 12.4 Å². The Kier molecular flexibility index (Phi) is 6.25. The van der Waals surface area contributed by atoms with Gasteiger partial charge in [0.25, 0.3) is 0 Å². The summed E-state index contributed by atoms with van der Waals surface area (Å²) in [5.41, 5.74) is 5.50. The number of benzene rings is 1. The van der Waals surface area contributed by atoms with Crippen molar-refractivity contribution in [2.45, 2.75) is 32.5 Å². The van der Waals surface area contributed by atoms with Crippen molar-refractivity contribution in [1.29, 1.82) is 0 Å². The topological polar surface area (TPSA) is 75.4 Å². The number of carbonyl (C=O) groups excluding carboxylic acids is 1. The highest BCUT2D eigenvalue weighted by Gasteiger charge is 2.21. The largest absolute Gasteiger partial charge is 0.392 e. The second-order valence-corrected chi connectivity index (χ2v) is 4.49. The van der Waals surface area contributed by atoms with Crippen LogP contribution in [0.3, 0.4) is 0 Å². The lowest BCUT2D eigenvalue weighted by Crippen LogP contribution is -2.48. The number of hydrogen-bond acceptors (Lipinski definition) is 3. The van der Waals surface area contributed by atoms with E-state index in [1.807, 2.05) is 0 Å². The van der Waals surface area contributed by atoms with Crippen LogP contribution in [-0.2, 0) is 17.9 Å².